The molecular formula is C27H32N2O3. The number of Topliss-reactive ketones (excluding diaryl/α,β-unsaturated/α-hetero) is 1. The predicted octanol–water partition coefficient (Wildman–Crippen LogP) is 4.95. The zero-order chi connectivity index (χ0) is 22.8. The van der Waals surface area contributed by atoms with Crippen molar-refractivity contribution in [2.75, 3.05) is 11.4 Å². The molecule has 168 valence electrons. The van der Waals surface area contributed by atoms with Crippen molar-refractivity contribution in [2.24, 2.45) is 5.92 Å². The van der Waals surface area contributed by atoms with Crippen LogP contribution >= 0.6 is 0 Å². The first-order valence-electron chi connectivity index (χ1n) is 11.8. The summed E-state index contributed by atoms with van der Waals surface area (Å²) in [7, 11) is 0. The summed E-state index contributed by atoms with van der Waals surface area (Å²) in [6.07, 6.45) is 3.38. The van der Waals surface area contributed by atoms with Gasteiger partial charge in [0.25, 0.3) is 5.91 Å². The molecule has 32 heavy (non-hydrogen) atoms. The number of benzene rings is 2. The van der Waals surface area contributed by atoms with Gasteiger partial charge in [-0.2, -0.15) is 0 Å². The van der Waals surface area contributed by atoms with E-state index in [-0.39, 0.29) is 48.4 Å². The van der Waals surface area contributed by atoms with Gasteiger partial charge in [0.15, 0.2) is 0 Å². The molecular weight excluding hydrogens is 400 g/mol. The van der Waals surface area contributed by atoms with Gasteiger partial charge in [-0.05, 0) is 62.4 Å². The van der Waals surface area contributed by atoms with Gasteiger partial charge in [-0.25, -0.2) is 0 Å². The van der Waals surface area contributed by atoms with Gasteiger partial charge in [-0.3, -0.25) is 9.59 Å². The van der Waals surface area contributed by atoms with Crippen LogP contribution in [0.15, 0.2) is 48.5 Å². The van der Waals surface area contributed by atoms with Gasteiger partial charge in [0.2, 0.25) is 5.91 Å². The number of hydrogen-bond donors (Lipinski definition) is 0. The van der Waals surface area contributed by atoms with Crippen molar-refractivity contribution in [1.29, 1.82) is 0 Å². The maximum Gasteiger partial charge on any atom is 0.258 e. The lowest BCUT2D eigenvalue weighted by Crippen LogP contribution is -2.58. The van der Waals surface area contributed by atoms with Crippen LogP contribution in [-0.2, 0) is 16.0 Å². The number of aryl methyl sites for hydroxylation is 1. The van der Waals surface area contributed by atoms with Crippen LogP contribution < -0.4 is 4.90 Å². The maximum absolute atomic E-state index is 13.6. The van der Waals surface area contributed by atoms with Crippen LogP contribution in [0, 0.1) is 5.92 Å². The first kappa shape index (κ1) is 22.3. The molecule has 0 aromatic heterocycles. The highest BCUT2D eigenvalue weighted by atomic mass is 16.2. The minimum atomic E-state index is -0.0547. The van der Waals surface area contributed by atoms with Crippen LogP contribution in [0.3, 0.4) is 0 Å². The number of anilines is 1. The highest BCUT2D eigenvalue weighted by Crippen LogP contribution is 2.52. The van der Waals surface area contributed by atoms with Gasteiger partial charge >= 0.3 is 0 Å². The minimum absolute atomic E-state index is 0.0167. The van der Waals surface area contributed by atoms with Crippen molar-refractivity contribution in [3.05, 3.63) is 65.2 Å². The molecule has 4 rings (SSSR count). The van der Waals surface area contributed by atoms with E-state index in [2.05, 4.69) is 13.0 Å². The Morgan fingerprint density at radius 1 is 0.969 bits per heavy atom. The number of carbonyl (C=O) groups excluding carboxylic acids is 3. The van der Waals surface area contributed by atoms with Crippen LogP contribution in [0.2, 0.25) is 0 Å². The van der Waals surface area contributed by atoms with E-state index >= 15 is 0 Å². The van der Waals surface area contributed by atoms with E-state index in [0.29, 0.717) is 12.1 Å². The summed E-state index contributed by atoms with van der Waals surface area (Å²) < 4.78 is 0. The number of amides is 2. The van der Waals surface area contributed by atoms with Gasteiger partial charge in [-0.15, -0.1) is 0 Å². The van der Waals surface area contributed by atoms with Gasteiger partial charge in [-0.1, -0.05) is 37.3 Å². The zero-order valence-corrected chi connectivity index (χ0v) is 19.2. The molecule has 2 aliphatic rings. The Morgan fingerprint density at radius 2 is 1.69 bits per heavy atom. The van der Waals surface area contributed by atoms with E-state index < -0.39 is 0 Å². The largest absolute Gasteiger partial charge is 0.335 e. The number of para-hydroxylation sites is 1. The molecule has 0 spiro atoms. The van der Waals surface area contributed by atoms with E-state index in [0.717, 1.165) is 30.5 Å². The third-order valence-electron chi connectivity index (χ3n) is 7.06. The molecule has 5 heteroatoms. The molecule has 3 unspecified atom stereocenters. The fourth-order valence-electron chi connectivity index (χ4n) is 5.20. The van der Waals surface area contributed by atoms with Gasteiger partial charge < -0.3 is 14.6 Å². The SMILES string of the molecule is CCc1ccc(C(=O)N2c3ccccc3C(N(CC)C(=O)CCC(C)=O)C3CCC32)cc1. The van der Waals surface area contributed by atoms with Crippen molar-refractivity contribution in [2.45, 2.75) is 65.0 Å². The molecule has 1 aliphatic carbocycles. The molecule has 0 N–H and O–H groups in total. The number of ketones is 1. The van der Waals surface area contributed by atoms with Crippen LogP contribution in [0.25, 0.3) is 0 Å². The molecule has 1 saturated carbocycles. The van der Waals surface area contributed by atoms with Gasteiger partial charge in [0.1, 0.15) is 5.78 Å². The van der Waals surface area contributed by atoms with Crippen LogP contribution in [0.1, 0.15) is 74.0 Å². The molecule has 0 saturated heterocycles. The van der Waals surface area contributed by atoms with Gasteiger partial charge in [0.05, 0.1) is 6.04 Å². The number of nitrogens with zero attached hydrogens (tertiary/aromatic N) is 2. The Balaban J connectivity index is 1.69. The van der Waals surface area contributed by atoms with Crippen LogP contribution in [0.4, 0.5) is 5.69 Å². The second kappa shape index (κ2) is 9.27. The summed E-state index contributed by atoms with van der Waals surface area (Å²) in [5, 5.41) is 0. The summed E-state index contributed by atoms with van der Waals surface area (Å²) in [6.45, 7) is 6.21. The third-order valence-corrected chi connectivity index (χ3v) is 7.06. The third kappa shape index (κ3) is 3.96. The first-order chi connectivity index (χ1) is 15.5. The van der Waals surface area contributed by atoms with E-state index in [9.17, 15) is 14.4 Å². The first-order valence-corrected chi connectivity index (χ1v) is 11.8. The molecule has 2 amide bonds. The lowest BCUT2D eigenvalue weighted by atomic mass is 9.67. The van der Waals surface area contributed by atoms with Crippen molar-refractivity contribution in [3.63, 3.8) is 0 Å². The monoisotopic (exact) mass is 432 g/mol. The summed E-state index contributed by atoms with van der Waals surface area (Å²) in [5.41, 5.74) is 3.85. The number of hydrogen-bond acceptors (Lipinski definition) is 3. The number of carbonyl (C=O) groups is 3. The zero-order valence-electron chi connectivity index (χ0n) is 19.2. The van der Waals surface area contributed by atoms with Crippen molar-refractivity contribution >= 4 is 23.3 Å². The van der Waals surface area contributed by atoms with Gasteiger partial charge in [0, 0.05) is 42.6 Å². The highest BCUT2D eigenvalue weighted by molar-refractivity contribution is 6.07. The molecule has 0 radical (unpaired) electrons. The van der Waals surface area contributed by atoms with E-state index in [1.807, 2.05) is 59.2 Å². The number of rotatable bonds is 7. The normalized spacial score (nSPS) is 21.2. The minimum Gasteiger partial charge on any atom is -0.335 e. The summed E-state index contributed by atoms with van der Waals surface area (Å²) in [6, 6.07) is 15.9. The fourth-order valence-corrected chi connectivity index (χ4v) is 5.20. The topological polar surface area (TPSA) is 57.7 Å². The molecule has 5 nitrogen and oxygen atoms in total. The second-order valence-corrected chi connectivity index (χ2v) is 8.92. The predicted molar refractivity (Wildman–Crippen MR) is 126 cm³/mol. The Hall–Kier alpha value is -2.95. The summed E-state index contributed by atoms with van der Waals surface area (Å²) >= 11 is 0. The van der Waals surface area contributed by atoms with Crippen molar-refractivity contribution in [3.8, 4) is 0 Å². The summed E-state index contributed by atoms with van der Waals surface area (Å²) in [4.78, 5) is 42.0. The van der Waals surface area contributed by atoms with E-state index in [1.54, 1.807) is 0 Å². The maximum atomic E-state index is 13.6. The Bertz CT molecular complexity index is 1010. The van der Waals surface area contributed by atoms with Crippen molar-refractivity contribution in [1.82, 2.24) is 4.90 Å². The average molecular weight is 433 g/mol. The summed E-state index contributed by atoms with van der Waals surface area (Å²) in [5.74, 6) is 0.290. The van der Waals surface area contributed by atoms with Crippen LogP contribution in [-0.4, -0.2) is 35.1 Å². The Kier molecular flexibility index (Phi) is 6.45. The average Bonchev–Trinajstić information content (AvgIpc) is 2.79. The lowest BCUT2D eigenvalue weighted by Gasteiger charge is -2.55. The number of fused-ring (bicyclic) bond motifs is 2. The fraction of sp³-hybridized carbons (Fsp3) is 0.444. The molecule has 1 aliphatic heterocycles. The standard InChI is InChI=1S/C27H32N2O3/c1-4-19-11-13-20(14-12-19)27(32)29-23-9-7-6-8-21(23)26(22-15-16-24(22)29)28(5-2)25(31)17-10-18(3)30/h6-9,11-14,22,24,26H,4-5,10,15-17H2,1-3H3. The van der Waals surface area contributed by atoms with E-state index in [4.69, 9.17) is 0 Å². The quantitative estimate of drug-likeness (QED) is 0.622. The molecule has 1 fully saturated rings. The van der Waals surface area contributed by atoms with E-state index in [1.165, 1.54) is 12.5 Å². The lowest BCUT2D eigenvalue weighted by molar-refractivity contribution is -0.137. The molecule has 2 aromatic carbocycles. The molecule has 1 heterocycles. The Labute approximate surface area is 190 Å². The molecule has 2 aromatic rings. The molecule has 3 atom stereocenters. The highest BCUT2D eigenvalue weighted by Gasteiger charge is 2.50. The smallest absolute Gasteiger partial charge is 0.258 e. The Morgan fingerprint density at radius 3 is 2.28 bits per heavy atom. The second-order valence-electron chi connectivity index (χ2n) is 8.92. The van der Waals surface area contributed by atoms with Crippen molar-refractivity contribution < 1.29 is 14.4 Å². The van der Waals surface area contributed by atoms with Crippen LogP contribution in [0.5, 0.6) is 0 Å². The molecule has 0 bridgehead atoms.